The Morgan fingerprint density at radius 1 is 0.525 bits per heavy atom. The molecule has 0 aliphatic carbocycles. The zero-order valence-corrected chi connectivity index (χ0v) is 80.7. The molecule has 24 N–H and O–H groups in total. The molecule has 0 bridgehead atoms. The van der Waals surface area contributed by atoms with Crippen LogP contribution in [0.3, 0.4) is 0 Å². The maximum atomic E-state index is 15.5. The van der Waals surface area contributed by atoms with E-state index >= 15 is 28.8 Å². The highest BCUT2D eigenvalue weighted by molar-refractivity contribution is 6.41. The van der Waals surface area contributed by atoms with E-state index in [1.165, 1.54) is 100 Å². The van der Waals surface area contributed by atoms with Crippen LogP contribution in [0.4, 0.5) is 0 Å². The van der Waals surface area contributed by atoms with Crippen LogP contribution in [0.15, 0.2) is 85.1 Å². The Kier molecular flexibility index (Phi) is 48.0. The number of aromatic amines is 1. The standard InChI is InChI=1S/C96H135N19O23.CH4/c1-51(2)44-65-50-100-69(38-40-75(97)119)81(125)79(123)54(6)102-88(132)74(48-64-49-99-68-33-27-26-32-67(64)68)108-89(133)72(47-63-34-36-66(118)37-35-63)107-87(131)70(39-41-76(120)121)110-94(138)96(15,113-91(135)73(46-62-30-24-23-25-31-62)109-92(136)77(60(12)116)111-90(134)71(45-52(3)4)106-61(13)117)43-29-22-20-18-16-17-19-21-28-42-95(14,112-86(65)130)93(137)105-59(11)85(129)104-58(10)84(128)103-57(9)83(127)101-53(5)78(122)80(124)55(7)114-115-56(8)82(98)126;/h23-27,30-37,49,51-60,65,69-74,77,99-100,114-116,118H,20-22,28-29,38-48,50H2,1-15H3,(H2,97,119)(H2,98,126)(H,101,127)(H,102,132)(H,103,128)(H,104,129)(H,105,137)(H,106,117)(H,107,131)(H,108,133)(H,109,136)(H,110,138)(H,111,134)(H,112,130)(H,113,135)(H,120,121);1H4/t53-,54-,55-,56+,57?,58-,59?,60+,65+,69-,70-,71-,72?,73-,74-,77-,95-,96+;/m0./s1. The van der Waals surface area contributed by atoms with Crippen molar-refractivity contribution in [1.82, 2.24) is 90.3 Å². The van der Waals surface area contributed by atoms with Gasteiger partial charge in [0, 0.05) is 75.5 Å². The number of carboxylic acid groups (broad SMARTS) is 1. The number of nitrogens with one attached hydrogen (secondary N) is 17. The van der Waals surface area contributed by atoms with Crippen molar-refractivity contribution in [3.8, 4) is 29.4 Å². The molecule has 18 atom stereocenters. The number of Topliss-reactive ketones (excluding diaryl/α,β-unsaturated/α-hetero) is 4. The predicted molar refractivity (Wildman–Crippen MR) is 513 cm³/mol. The van der Waals surface area contributed by atoms with Crippen LogP contribution >= 0.6 is 0 Å². The first-order chi connectivity index (χ1) is 64.8. The van der Waals surface area contributed by atoms with E-state index in [1.807, 2.05) is 0 Å². The number of hydrazine groups is 1. The Bertz CT molecular complexity index is 5160. The number of carbonyl (C=O) groups excluding carboxylic acids is 19. The van der Waals surface area contributed by atoms with E-state index < -0.39 is 264 Å². The molecule has 1 aliphatic rings. The number of nitrogens with two attached hydrogens (primary N) is 2. The van der Waals surface area contributed by atoms with Crippen molar-refractivity contribution in [2.45, 2.75) is 316 Å². The molecule has 42 nitrogen and oxygen atoms in total. The third kappa shape index (κ3) is 38.9. The molecule has 3 unspecified atom stereocenters. The lowest BCUT2D eigenvalue weighted by atomic mass is 9.89. The molecule has 0 fully saturated rings. The number of ketones is 4. The maximum Gasteiger partial charge on any atom is 0.303 e. The number of hydrogen-bond acceptors (Lipinski definition) is 25. The maximum absolute atomic E-state index is 15.5. The highest BCUT2D eigenvalue weighted by Gasteiger charge is 2.44. The second-order valence-corrected chi connectivity index (χ2v) is 36.2. The Morgan fingerprint density at radius 3 is 1.65 bits per heavy atom. The highest BCUT2D eigenvalue weighted by Crippen LogP contribution is 2.25. The van der Waals surface area contributed by atoms with Crippen LogP contribution in [-0.2, 0) is 115 Å². The van der Waals surface area contributed by atoms with Gasteiger partial charge in [-0.25, -0.2) is 10.9 Å². The Balaban J connectivity index is 0.0000403. The van der Waals surface area contributed by atoms with Crippen LogP contribution in [0, 0.1) is 41.4 Å². The molecule has 0 saturated heterocycles. The van der Waals surface area contributed by atoms with Crippen LogP contribution < -0.4 is 96.8 Å². The summed E-state index contributed by atoms with van der Waals surface area (Å²) in [6.45, 7) is 20.7. The summed E-state index contributed by atoms with van der Waals surface area (Å²) in [5.74, 6) is -10.3. The van der Waals surface area contributed by atoms with Gasteiger partial charge in [-0.15, -0.1) is 0 Å². The van der Waals surface area contributed by atoms with Crippen LogP contribution in [0.2, 0.25) is 0 Å². The number of carbonyl (C=O) groups is 20. The molecule has 42 heteroatoms. The van der Waals surface area contributed by atoms with E-state index in [9.17, 15) is 82.4 Å². The number of benzene rings is 3. The van der Waals surface area contributed by atoms with Crippen LogP contribution in [-0.4, -0.2) is 246 Å². The lowest BCUT2D eigenvalue weighted by Gasteiger charge is -2.34. The molecular weight excluding hydrogens is 1800 g/mol. The molecule has 15 amide bonds. The first-order valence-electron chi connectivity index (χ1n) is 46.0. The fourth-order valence-electron chi connectivity index (χ4n) is 14.7. The summed E-state index contributed by atoms with van der Waals surface area (Å²) >= 11 is 0. The number of primary amides is 2. The fraction of sp³-hybridized carbons (Fsp3) is 0.546. The summed E-state index contributed by atoms with van der Waals surface area (Å²) in [4.78, 5) is 283. The number of rotatable bonds is 39. The van der Waals surface area contributed by atoms with Crippen LogP contribution in [0.5, 0.6) is 5.75 Å². The monoisotopic (exact) mass is 1940 g/mol. The molecule has 760 valence electrons. The van der Waals surface area contributed by atoms with Crippen molar-refractivity contribution in [3.05, 3.63) is 102 Å². The Morgan fingerprint density at radius 2 is 1.07 bits per heavy atom. The van der Waals surface area contributed by atoms with Gasteiger partial charge in [-0.1, -0.05) is 108 Å². The van der Waals surface area contributed by atoms with E-state index in [1.54, 1.807) is 88.5 Å². The van der Waals surface area contributed by atoms with Gasteiger partial charge in [0.15, 0.2) is 0 Å². The van der Waals surface area contributed by atoms with Crippen molar-refractivity contribution in [1.29, 1.82) is 0 Å². The van der Waals surface area contributed by atoms with E-state index in [0.717, 1.165) is 0 Å². The van der Waals surface area contributed by atoms with Gasteiger partial charge in [0.1, 0.15) is 71.2 Å². The third-order valence-electron chi connectivity index (χ3n) is 22.9. The zero-order valence-electron chi connectivity index (χ0n) is 80.7. The third-order valence-corrected chi connectivity index (χ3v) is 22.9. The van der Waals surface area contributed by atoms with Gasteiger partial charge >= 0.3 is 5.97 Å². The average Bonchev–Trinajstić information content (AvgIpc) is 1.71. The molecule has 0 saturated carbocycles. The SMILES string of the molecule is C.CC(=O)N[C@@H](CC(C)C)C(=O)N[C@H](C(=O)N[C@@H](Cc1ccccc1)C(=O)N[C@]1(C)CCCCC#CC#CCCC[C@@](C)(C(=O)NC(C)C(=O)N[C@@H](C)C(=O)NC(C)C(=O)N[C@@H](C)C(=O)C(=O)[C@H](C)NN[C@H](C)C(N)=O)NC(=O)[C@H](CC(C)C)CN[C@@H](CCC(N)=O)C(=O)C(=O)[C@H](C)NC(=O)[C@H](Cc2c[nH]c3ccccc23)NC(=O)C(Cc2ccc(O)cc2)NC(=O)[C@H](CCC(=O)O)NC1=O)[C@@H](C)O. The predicted octanol–water partition coefficient (Wildman–Crippen LogP) is -0.699. The number of carboxylic acids is 1. The molecular formula is C97H139N19O23. The number of aromatic hydroxyl groups is 1. The zero-order chi connectivity index (χ0) is 103. The molecule has 5 rings (SSSR count). The number of amides is 15. The molecule has 1 aliphatic heterocycles. The van der Waals surface area contributed by atoms with E-state index in [0.29, 0.717) is 27.6 Å². The number of hydrogen-bond donors (Lipinski definition) is 22. The lowest BCUT2D eigenvalue weighted by molar-refractivity contribution is -0.140. The summed E-state index contributed by atoms with van der Waals surface area (Å²) < 4.78 is 0. The summed E-state index contributed by atoms with van der Waals surface area (Å²) in [5.41, 5.74) is 13.6. The van der Waals surface area contributed by atoms with Crippen molar-refractivity contribution < 1.29 is 111 Å². The summed E-state index contributed by atoms with van der Waals surface area (Å²) in [7, 11) is 0. The first kappa shape index (κ1) is 117. The number of aliphatic hydroxyl groups excluding tert-OH is 1. The number of aliphatic carboxylic acids is 1. The number of para-hydroxylation sites is 1. The molecule has 139 heavy (non-hydrogen) atoms. The summed E-state index contributed by atoms with van der Waals surface area (Å²) in [6.07, 6.45) is -3.43. The topological polar surface area (TPSA) is 662 Å². The van der Waals surface area contributed by atoms with Crippen LogP contribution in [0.25, 0.3) is 10.9 Å². The summed E-state index contributed by atoms with van der Waals surface area (Å²) in [5, 5.41) is 68.7. The number of phenols is 1. The minimum atomic E-state index is -2.15. The van der Waals surface area contributed by atoms with E-state index in [-0.39, 0.29) is 95.6 Å². The highest BCUT2D eigenvalue weighted by atomic mass is 16.4. The van der Waals surface area contributed by atoms with Gasteiger partial charge < -0.3 is 106 Å². The first-order valence-corrected chi connectivity index (χ1v) is 46.0. The minimum absolute atomic E-state index is 0. The quantitative estimate of drug-likeness (QED) is 0.0149. The lowest BCUT2D eigenvalue weighted by Crippen LogP contribution is -2.65. The molecule has 2 heterocycles. The second kappa shape index (κ2) is 56.8. The van der Waals surface area contributed by atoms with E-state index in [2.05, 4.69) is 114 Å². The summed E-state index contributed by atoms with van der Waals surface area (Å²) in [6, 6.07) is -0.370. The molecule has 3 aromatic carbocycles. The Labute approximate surface area is 809 Å². The van der Waals surface area contributed by atoms with Gasteiger partial charge in [0.25, 0.3) is 0 Å². The van der Waals surface area contributed by atoms with Crippen molar-refractivity contribution in [3.63, 3.8) is 0 Å². The minimum Gasteiger partial charge on any atom is -0.508 e. The fourth-order valence-corrected chi connectivity index (χ4v) is 14.7. The van der Waals surface area contributed by atoms with Gasteiger partial charge in [0.2, 0.25) is 112 Å². The van der Waals surface area contributed by atoms with E-state index in [4.69, 9.17) is 11.5 Å². The van der Waals surface area contributed by atoms with Gasteiger partial charge in [0.05, 0.1) is 42.2 Å². The van der Waals surface area contributed by atoms with Gasteiger partial charge in [-0.2, -0.15) is 0 Å². The number of aliphatic hydroxyl groups is 1. The molecule has 0 radical (unpaired) electrons. The number of H-pyrrole nitrogens is 1. The van der Waals surface area contributed by atoms with Crippen molar-refractivity contribution in [2.75, 3.05) is 6.54 Å². The normalized spacial score (nSPS) is 21.3. The van der Waals surface area contributed by atoms with Gasteiger partial charge in [-0.3, -0.25) is 95.9 Å². The smallest absolute Gasteiger partial charge is 0.303 e. The molecule has 1 aromatic heterocycles. The second-order valence-electron chi connectivity index (χ2n) is 36.2. The largest absolute Gasteiger partial charge is 0.508 e. The van der Waals surface area contributed by atoms with Crippen molar-refractivity contribution >= 4 is 129 Å². The average molecular weight is 1940 g/mol. The number of fused-ring (bicyclic) bond motifs is 1. The molecule has 0 spiro atoms. The molecule has 4 aromatic rings. The number of phenolic OH excluding ortho intramolecular Hbond substituents is 1. The van der Waals surface area contributed by atoms with Crippen LogP contribution in [0.1, 0.15) is 211 Å². The number of aromatic nitrogens is 1. The Hall–Kier alpha value is -13.8. The van der Waals surface area contributed by atoms with Crippen molar-refractivity contribution in [2.24, 2.45) is 29.2 Å². The van der Waals surface area contributed by atoms with Gasteiger partial charge in [-0.05, 0) is 186 Å².